The minimum absolute atomic E-state index is 0.258. The SMILES string of the molecule is Cc1ccsc1C(C#N)NCCCN=[N+]=[N-]. The van der Waals surface area contributed by atoms with Crippen LogP contribution in [0.4, 0.5) is 0 Å². The highest BCUT2D eigenvalue weighted by Crippen LogP contribution is 2.23. The number of nitrogens with zero attached hydrogens (tertiary/aromatic N) is 4. The zero-order chi connectivity index (χ0) is 11.8. The van der Waals surface area contributed by atoms with Crippen molar-refractivity contribution in [3.63, 3.8) is 0 Å². The van der Waals surface area contributed by atoms with Crippen molar-refractivity contribution < 1.29 is 0 Å². The highest BCUT2D eigenvalue weighted by molar-refractivity contribution is 7.10. The number of aryl methyl sites for hydroxylation is 1. The molecule has 1 unspecified atom stereocenters. The fourth-order valence-corrected chi connectivity index (χ4v) is 2.26. The molecule has 1 heterocycles. The lowest BCUT2D eigenvalue weighted by molar-refractivity contribution is 0.612. The number of hydrogen-bond donors (Lipinski definition) is 1. The molecule has 0 saturated heterocycles. The molecule has 0 aliphatic carbocycles. The van der Waals surface area contributed by atoms with Crippen LogP contribution in [0.25, 0.3) is 10.4 Å². The van der Waals surface area contributed by atoms with Crippen LogP contribution in [0.5, 0.6) is 0 Å². The topological polar surface area (TPSA) is 84.6 Å². The van der Waals surface area contributed by atoms with Gasteiger partial charge in [0.15, 0.2) is 0 Å². The largest absolute Gasteiger partial charge is 0.298 e. The van der Waals surface area contributed by atoms with Gasteiger partial charge in [0.05, 0.1) is 6.07 Å². The van der Waals surface area contributed by atoms with Crippen molar-refractivity contribution in [2.45, 2.75) is 19.4 Å². The molecule has 1 aromatic heterocycles. The Morgan fingerprint density at radius 3 is 3.12 bits per heavy atom. The zero-order valence-corrected chi connectivity index (χ0v) is 9.87. The van der Waals surface area contributed by atoms with Gasteiger partial charge in [-0.1, -0.05) is 5.11 Å². The van der Waals surface area contributed by atoms with Crippen molar-refractivity contribution in [1.29, 1.82) is 5.26 Å². The van der Waals surface area contributed by atoms with Crippen molar-refractivity contribution in [2.24, 2.45) is 5.11 Å². The fraction of sp³-hybridized carbons (Fsp3) is 0.500. The molecule has 0 aliphatic rings. The van der Waals surface area contributed by atoms with E-state index >= 15 is 0 Å². The van der Waals surface area contributed by atoms with Gasteiger partial charge in [-0.25, -0.2) is 0 Å². The van der Waals surface area contributed by atoms with E-state index in [2.05, 4.69) is 21.4 Å². The number of nitrogens with one attached hydrogen (secondary N) is 1. The van der Waals surface area contributed by atoms with Crippen LogP contribution in [-0.4, -0.2) is 13.1 Å². The summed E-state index contributed by atoms with van der Waals surface area (Å²) in [5.74, 6) is 0. The quantitative estimate of drug-likeness (QED) is 0.356. The van der Waals surface area contributed by atoms with Gasteiger partial charge < -0.3 is 0 Å². The second kappa shape index (κ2) is 6.85. The zero-order valence-electron chi connectivity index (χ0n) is 9.05. The minimum atomic E-state index is -0.258. The molecule has 84 valence electrons. The Morgan fingerprint density at radius 2 is 2.56 bits per heavy atom. The lowest BCUT2D eigenvalue weighted by atomic mass is 10.2. The first-order chi connectivity index (χ1) is 7.79. The molecular formula is C10H13N5S. The molecule has 1 N–H and O–H groups in total. The molecule has 0 aliphatic heterocycles. The molecule has 0 aromatic carbocycles. The monoisotopic (exact) mass is 235 g/mol. The van der Waals surface area contributed by atoms with Crippen molar-refractivity contribution >= 4 is 11.3 Å². The molecule has 0 saturated carbocycles. The summed E-state index contributed by atoms with van der Waals surface area (Å²) < 4.78 is 0. The predicted molar refractivity (Wildman–Crippen MR) is 64.0 cm³/mol. The van der Waals surface area contributed by atoms with Crippen molar-refractivity contribution in [2.75, 3.05) is 13.1 Å². The second-order valence-corrected chi connectivity index (χ2v) is 4.24. The molecule has 1 atom stereocenters. The first-order valence-electron chi connectivity index (χ1n) is 4.97. The third-order valence-corrected chi connectivity index (χ3v) is 3.22. The minimum Gasteiger partial charge on any atom is -0.298 e. The highest BCUT2D eigenvalue weighted by atomic mass is 32.1. The molecule has 0 bridgehead atoms. The standard InChI is InChI=1S/C10H13N5S/c1-8-3-6-16-10(8)9(7-11)13-4-2-5-14-15-12/h3,6,9,13H,2,4-5H2,1H3. The first kappa shape index (κ1) is 12.5. The van der Waals surface area contributed by atoms with Crippen LogP contribution in [-0.2, 0) is 0 Å². The van der Waals surface area contributed by atoms with Crippen LogP contribution in [0.2, 0.25) is 0 Å². The maximum absolute atomic E-state index is 9.04. The van der Waals surface area contributed by atoms with Crippen LogP contribution >= 0.6 is 11.3 Å². The van der Waals surface area contributed by atoms with Gasteiger partial charge in [-0.3, -0.25) is 5.32 Å². The van der Waals surface area contributed by atoms with Gasteiger partial charge in [0.25, 0.3) is 0 Å². The smallest absolute Gasteiger partial charge is 0.130 e. The highest BCUT2D eigenvalue weighted by Gasteiger charge is 2.12. The summed E-state index contributed by atoms with van der Waals surface area (Å²) in [7, 11) is 0. The Bertz CT molecular complexity index is 413. The second-order valence-electron chi connectivity index (χ2n) is 3.29. The number of thiophene rings is 1. The van der Waals surface area contributed by atoms with Crippen LogP contribution in [0.3, 0.4) is 0 Å². The van der Waals surface area contributed by atoms with Crippen molar-refractivity contribution in [3.05, 3.63) is 32.3 Å². The molecule has 0 fully saturated rings. The lowest BCUT2D eigenvalue weighted by Gasteiger charge is -2.10. The first-order valence-corrected chi connectivity index (χ1v) is 5.85. The van der Waals surface area contributed by atoms with E-state index in [1.165, 1.54) is 0 Å². The summed E-state index contributed by atoms with van der Waals surface area (Å²) in [6, 6.07) is 3.98. The summed E-state index contributed by atoms with van der Waals surface area (Å²) in [6.45, 7) is 3.14. The lowest BCUT2D eigenvalue weighted by Crippen LogP contribution is -2.21. The Kier molecular flexibility index (Phi) is 5.37. The van der Waals surface area contributed by atoms with Gasteiger partial charge in [-0.15, -0.1) is 11.3 Å². The van der Waals surface area contributed by atoms with Crippen molar-refractivity contribution in [3.8, 4) is 6.07 Å². The molecule has 0 spiro atoms. The molecule has 1 aromatic rings. The van der Waals surface area contributed by atoms with E-state index in [0.29, 0.717) is 13.1 Å². The molecule has 16 heavy (non-hydrogen) atoms. The maximum Gasteiger partial charge on any atom is 0.130 e. The normalized spacial score (nSPS) is 11.5. The molecule has 6 heteroatoms. The fourth-order valence-electron chi connectivity index (χ4n) is 1.32. The van der Waals surface area contributed by atoms with E-state index in [0.717, 1.165) is 16.9 Å². The molecular weight excluding hydrogens is 222 g/mol. The van der Waals surface area contributed by atoms with E-state index in [-0.39, 0.29) is 6.04 Å². The number of hydrogen-bond acceptors (Lipinski definition) is 4. The van der Waals surface area contributed by atoms with E-state index < -0.39 is 0 Å². The molecule has 5 nitrogen and oxygen atoms in total. The van der Waals surface area contributed by atoms with E-state index in [4.69, 9.17) is 10.8 Å². The molecule has 0 radical (unpaired) electrons. The summed E-state index contributed by atoms with van der Waals surface area (Å²) in [4.78, 5) is 3.73. The number of rotatable bonds is 6. The predicted octanol–water partition coefficient (Wildman–Crippen LogP) is 2.91. The number of nitriles is 1. The van der Waals surface area contributed by atoms with Crippen LogP contribution in [0.15, 0.2) is 16.6 Å². The van der Waals surface area contributed by atoms with Gasteiger partial charge in [0.1, 0.15) is 6.04 Å². The third kappa shape index (κ3) is 3.55. The van der Waals surface area contributed by atoms with Crippen LogP contribution in [0, 0.1) is 18.3 Å². The summed E-state index contributed by atoms with van der Waals surface area (Å²) in [5, 5.41) is 17.6. The van der Waals surface area contributed by atoms with Gasteiger partial charge in [-0.05, 0) is 42.4 Å². The average molecular weight is 235 g/mol. The Balaban J connectivity index is 2.42. The Labute approximate surface area is 98.3 Å². The van der Waals surface area contributed by atoms with Crippen LogP contribution in [0.1, 0.15) is 22.9 Å². The summed E-state index contributed by atoms with van der Waals surface area (Å²) in [6.07, 6.45) is 0.743. The average Bonchev–Trinajstić information content (AvgIpc) is 2.70. The van der Waals surface area contributed by atoms with E-state index in [9.17, 15) is 0 Å². The Morgan fingerprint density at radius 1 is 1.75 bits per heavy atom. The van der Waals surface area contributed by atoms with Gasteiger partial charge in [0.2, 0.25) is 0 Å². The van der Waals surface area contributed by atoms with Gasteiger partial charge in [-0.2, -0.15) is 5.26 Å². The maximum atomic E-state index is 9.04. The third-order valence-electron chi connectivity index (χ3n) is 2.14. The summed E-state index contributed by atoms with van der Waals surface area (Å²) in [5.41, 5.74) is 9.23. The van der Waals surface area contributed by atoms with Crippen molar-refractivity contribution in [1.82, 2.24) is 5.32 Å². The van der Waals surface area contributed by atoms with E-state index in [1.54, 1.807) is 11.3 Å². The summed E-state index contributed by atoms with van der Waals surface area (Å²) >= 11 is 1.58. The molecule has 0 amide bonds. The number of azide groups is 1. The van der Waals surface area contributed by atoms with Crippen LogP contribution < -0.4 is 5.32 Å². The van der Waals surface area contributed by atoms with Gasteiger partial charge >= 0.3 is 0 Å². The van der Waals surface area contributed by atoms with E-state index in [1.807, 2.05) is 18.4 Å². The Hall–Kier alpha value is -1.54. The molecule has 1 rings (SSSR count). The van der Waals surface area contributed by atoms with Gasteiger partial charge in [0, 0.05) is 16.3 Å².